The number of aromatic hydroxyl groups is 2. The Bertz CT molecular complexity index is 499. The summed E-state index contributed by atoms with van der Waals surface area (Å²) in [7, 11) is 0. The van der Waals surface area contributed by atoms with Gasteiger partial charge in [-0.15, -0.1) is 0 Å². The zero-order valence-electron chi connectivity index (χ0n) is 10.00. The van der Waals surface area contributed by atoms with E-state index in [1.54, 1.807) is 12.1 Å². The lowest BCUT2D eigenvalue weighted by atomic mass is 10.1. The molecule has 0 aliphatic carbocycles. The molecule has 0 amide bonds. The average molecular weight is 249 g/mol. The fraction of sp³-hybridized carbons (Fsp3) is 0.333. The van der Waals surface area contributed by atoms with Crippen molar-refractivity contribution in [3.8, 4) is 11.5 Å². The van der Waals surface area contributed by atoms with Gasteiger partial charge in [0.25, 0.3) is 0 Å². The Morgan fingerprint density at radius 3 is 2.89 bits per heavy atom. The van der Waals surface area contributed by atoms with Gasteiger partial charge in [-0.1, -0.05) is 11.2 Å². The van der Waals surface area contributed by atoms with Crippen LogP contribution < -0.4 is 5.32 Å². The van der Waals surface area contributed by atoms with Crippen molar-refractivity contribution in [2.24, 2.45) is 0 Å². The van der Waals surface area contributed by atoms with E-state index in [9.17, 15) is 10.2 Å². The molecule has 0 fully saturated rings. The number of nitrogens with zero attached hydrogens (tertiary/aromatic N) is 2. The third kappa shape index (κ3) is 2.98. The van der Waals surface area contributed by atoms with E-state index >= 15 is 0 Å². The predicted molar refractivity (Wildman–Crippen MR) is 64.2 cm³/mol. The van der Waals surface area contributed by atoms with Crippen LogP contribution in [0.15, 0.2) is 29.0 Å². The van der Waals surface area contributed by atoms with Crippen molar-refractivity contribution in [3.63, 3.8) is 0 Å². The second-order valence-electron chi connectivity index (χ2n) is 4.00. The predicted octanol–water partition coefficient (Wildman–Crippen LogP) is 1.37. The number of phenolic OH excluding ortho intramolecular Hbond substituents is 2. The average Bonchev–Trinajstić information content (AvgIpc) is 2.81. The van der Waals surface area contributed by atoms with Crippen LogP contribution >= 0.6 is 0 Å². The zero-order chi connectivity index (χ0) is 13.0. The number of phenols is 2. The van der Waals surface area contributed by atoms with Crippen LogP contribution in [0.4, 0.5) is 0 Å². The maximum Gasteiger partial charge on any atom is 0.227 e. The molecular weight excluding hydrogens is 234 g/mol. The summed E-state index contributed by atoms with van der Waals surface area (Å²) in [5.41, 5.74) is 0.735. The Morgan fingerprint density at radius 1 is 1.39 bits per heavy atom. The van der Waals surface area contributed by atoms with Gasteiger partial charge in [0.05, 0.1) is 0 Å². The van der Waals surface area contributed by atoms with Crippen LogP contribution in [0.25, 0.3) is 0 Å². The van der Waals surface area contributed by atoms with E-state index in [0.717, 1.165) is 5.56 Å². The molecule has 0 radical (unpaired) electrons. The largest absolute Gasteiger partial charge is 0.508 e. The van der Waals surface area contributed by atoms with E-state index in [1.165, 1.54) is 12.4 Å². The van der Waals surface area contributed by atoms with Crippen LogP contribution in [-0.2, 0) is 6.42 Å². The molecule has 18 heavy (non-hydrogen) atoms. The molecule has 0 bridgehead atoms. The molecule has 1 aromatic heterocycles. The van der Waals surface area contributed by atoms with Gasteiger partial charge in [-0.3, -0.25) is 0 Å². The molecule has 0 spiro atoms. The highest BCUT2D eigenvalue weighted by molar-refractivity contribution is 5.40. The quantitative estimate of drug-likeness (QED) is 0.741. The molecule has 0 saturated carbocycles. The molecule has 6 heteroatoms. The summed E-state index contributed by atoms with van der Waals surface area (Å²) in [6.45, 7) is 2.59. The first-order valence-electron chi connectivity index (χ1n) is 5.67. The minimum absolute atomic E-state index is 0.0338. The molecule has 1 heterocycles. The second-order valence-corrected chi connectivity index (χ2v) is 4.00. The van der Waals surface area contributed by atoms with E-state index in [-0.39, 0.29) is 17.5 Å². The zero-order valence-corrected chi connectivity index (χ0v) is 10.00. The van der Waals surface area contributed by atoms with Crippen molar-refractivity contribution in [1.29, 1.82) is 0 Å². The maximum absolute atomic E-state index is 9.70. The molecule has 3 N–H and O–H groups in total. The van der Waals surface area contributed by atoms with Crippen LogP contribution in [0.1, 0.15) is 24.4 Å². The number of hydrogen-bond donors (Lipinski definition) is 3. The lowest BCUT2D eigenvalue weighted by Crippen LogP contribution is -2.21. The van der Waals surface area contributed by atoms with Crippen molar-refractivity contribution in [2.45, 2.75) is 19.4 Å². The van der Waals surface area contributed by atoms with Crippen LogP contribution in [0.5, 0.6) is 11.5 Å². The van der Waals surface area contributed by atoms with Crippen LogP contribution in [0.2, 0.25) is 0 Å². The molecule has 2 rings (SSSR count). The Kier molecular flexibility index (Phi) is 3.78. The lowest BCUT2D eigenvalue weighted by molar-refractivity contribution is 0.372. The van der Waals surface area contributed by atoms with Gasteiger partial charge in [-0.05, 0) is 13.0 Å². The summed E-state index contributed by atoms with van der Waals surface area (Å²) in [6, 6.07) is 4.53. The molecule has 0 aliphatic rings. The third-order valence-electron chi connectivity index (χ3n) is 2.68. The molecular formula is C12H15N3O3. The Labute approximate surface area is 104 Å². The summed E-state index contributed by atoms with van der Waals surface area (Å²) in [4.78, 5) is 3.91. The highest BCUT2D eigenvalue weighted by Crippen LogP contribution is 2.27. The Hall–Kier alpha value is -2.08. The SMILES string of the molecule is CC(NCCc1ncno1)c1ccc(O)cc1O. The molecule has 96 valence electrons. The first-order valence-corrected chi connectivity index (χ1v) is 5.67. The Balaban J connectivity index is 1.89. The summed E-state index contributed by atoms with van der Waals surface area (Å²) in [5, 5.41) is 25.7. The van der Waals surface area contributed by atoms with Gasteiger partial charge in [-0.2, -0.15) is 4.98 Å². The number of aromatic nitrogens is 2. The van der Waals surface area contributed by atoms with E-state index in [0.29, 0.717) is 18.9 Å². The highest BCUT2D eigenvalue weighted by atomic mass is 16.5. The lowest BCUT2D eigenvalue weighted by Gasteiger charge is -2.15. The van der Waals surface area contributed by atoms with Crippen LogP contribution in [0, 0.1) is 0 Å². The van der Waals surface area contributed by atoms with Gasteiger partial charge < -0.3 is 20.1 Å². The Morgan fingerprint density at radius 2 is 2.22 bits per heavy atom. The van der Waals surface area contributed by atoms with Gasteiger partial charge in [0, 0.05) is 30.6 Å². The highest BCUT2D eigenvalue weighted by Gasteiger charge is 2.10. The topological polar surface area (TPSA) is 91.4 Å². The van der Waals surface area contributed by atoms with E-state index in [4.69, 9.17) is 4.52 Å². The van der Waals surface area contributed by atoms with Crippen LogP contribution in [-0.4, -0.2) is 26.9 Å². The fourth-order valence-corrected chi connectivity index (χ4v) is 1.71. The number of benzene rings is 1. The summed E-state index contributed by atoms with van der Waals surface area (Å²) in [5.74, 6) is 0.701. The van der Waals surface area contributed by atoms with Gasteiger partial charge >= 0.3 is 0 Å². The van der Waals surface area contributed by atoms with E-state index in [2.05, 4.69) is 15.5 Å². The van der Waals surface area contributed by atoms with Gasteiger partial charge in [0.15, 0.2) is 6.33 Å². The monoisotopic (exact) mass is 249 g/mol. The van der Waals surface area contributed by atoms with Crippen molar-refractivity contribution in [2.75, 3.05) is 6.54 Å². The fourth-order valence-electron chi connectivity index (χ4n) is 1.71. The molecule has 0 saturated heterocycles. The first kappa shape index (κ1) is 12.4. The van der Waals surface area contributed by atoms with Crippen LogP contribution in [0.3, 0.4) is 0 Å². The standard InChI is InChI=1S/C12H15N3O3/c1-8(10-3-2-9(16)6-11(10)17)13-5-4-12-14-7-15-18-12/h2-3,6-8,13,16-17H,4-5H2,1H3. The van der Waals surface area contributed by atoms with Gasteiger partial charge in [0.1, 0.15) is 11.5 Å². The van der Waals surface area contributed by atoms with Gasteiger partial charge in [-0.25, -0.2) is 0 Å². The van der Waals surface area contributed by atoms with Crippen molar-refractivity contribution < 1.29 is 14.7 Å². The molecule has 1 aromatic carbocycles. The van der Waals surface area contributed by atoms with Crippen molar-refractivity contribution in [1.82, 2.24) is 15.5 Å². The molecule has 0 aliphatic heterocycles. The summed E-state index contributed by atoms with van der Waals surface area (Å²) >= 11 is 0. The second kappa shape index (κ2) is 5.50. The minimum Gasteiger partial charge on any atom is -0.508 e. The van der Waals surface area contributed by atoms with E-state index in [1.807, 2.05) is 6.92 Å². The smallest absolute Gasteiger partial charge is 0.227 e. The molecule has 6 nitrogen and oxygen atoms in total. The minimum atomic E-state index is -0.0338. The molecule has 1 unspecified atom stereocenters. The summed E-state index contributed by atoms with van der Waals surface area (Å²) in [6.07, 6.45) is 1.99. The van der Waals surface area contributed by atoms with Crippen molar-refractivity contribution >= 4 is 0 Å². The first-order chi connectivity index (χ1) is 8.66. The molecule has 1 atom stereocenters. The number of rotatable bonds is 5. The maximum atomic E-state index is 9.70. The number of nitrogens with one attached hydrogen (secondary N) is 1. The summed E-state index contributed by atoms with van der Waals surface area (Å²) < 4.78 is 4.88. The number of hydrogen-bond acceptors (Lipinski definition) is 6. The third-order valence-corrected chi connectivity index (χ3v) is 2.68. The van der Waals surface area contributed by atoms with Gasteiger partial charge in [0.2, 0.25) is 5.89 Å². The van der Waals surface area contributed by atoms with Crippen molar-refractivity contribution in [3.05, 3.63) is 36.0 Å². The van der Waals surface area contributed by atoms with E-state index < -0.39 is 0 Å². The molecule has 2 aromatic rings. The normalized spacial score (nSPS) is 12.5.